The SMILES string of the molecule is COC(=O)C(O)CNC(=O)c1ccc(F)c(Cl)c1. The fourth-order valence-corrected chi connectivity index (χ4v) is 1.33. The van der Waals surface area contributed by atoms with Gasteiger partial charge in [0, 0.05) is 5.56 Å². The van der Waals surface area contributed by atoms with Crippen LogP contribution in [0.2, 0.25) is 5.02 Å². The molecule has 1 aromatic rings. The van der Waals surface area contributed by atoms with Gasteiger partial charge >= 0.3 is 5.97 Å². The Morgan fingerprint density at radius 1 is 1.56 bits per heavy atom. The van der Waals surface area contributed by atoms with Crippen molar-refractivity contribution in [3.8, 4) is 0 Å². The second kappa shape index (κ2) is 6.32. The molecule has 0 fully saturated rings. The van der Waals surface area contributed by atoms with Gasteiger partial charge in [0.1, 0.15) is 5.82 Å². The third-order valence-corrected chi connectivity index (χ3v) is 2.40. The number of benzene rings is 1. The predicted octanol–water partition coefficient (Wildman–Crippen LogP) is 0.743. The van der Waals surface area contributed by atoms with Crippen LogP contribution in [0.1, 0.15) is 10.4 Å². The first-order valence-electron chi connectivity index (χ1n) is 4.95. The summed E-state index contributed by atoms with van der Waals surface area (Å²) in [4.78, 5) is 22.4. The smallest absolute Gasteiger partial charge is 0.336 e. The number of amides is 1. The number of methoxy groups -OCH3 is 1. The van der Waals surface area contributed by atoms with E-state index < -0.39 is 23.8 Å². The Kier molecular flexibility index (Phi) is 5.06. The highest BCUT2D eigenvalue weighted by Gasteiger charge is 2.17. The number of halogens is 2. The van der Waals surface area contributed by atoms with Crippen LogP contribution in [0.4, 0.5) is 4.39 Å². The third-order valence-electron chi connectivity index (χ3n) is 2.11. The Morgan fingerprint density at radius 2 is 2.22 bits per heavy atom. The second-order valence-electron chi connectivity index (χ2n) is 3.38. The summed E-state index contributed by atoms with van der Waals surface area (Å²) in [7, 11) is 1.12. The normalized spacial score (nSPS) is 11.8. The second-order valence-corrected chi connectivity index (χ2v) is 3.79. The van der Waals surface area contributed by atoms with Crippen molar-refractivity contribution in [1.82, 2.24) is 5.32 Å². The average Bonchev–Trinajstić information content (AvgIpc) is 2.37. The fourth-order valence-electron chi connectivity index (χ4n) is 1.15. The summed E-state index contributed by atoms with van der Waals surface area (Å²) in [5, 5.41) is 11.3. The van der Waals surface area contributed by atoms with Gasteiger partial charge < -0.3 is 15.2 Å². The van der Waals surface area contributed by atoms with Crippen molar-refractivity contribution >= 4 is 23.5 Å². The van der Waals surface area contributed by atoms with Crippen LogP contribution < -0.4 is 5.32 Å². The summed E-state index contributed by atoms with van der Waals surface area (Å²) in [6.45, 7) is -0.305. The van der Waals surface area contributed by atoms with Crippen molar-refractivity contribution in [2.24, 2.45) is 0 Å². The highest BCUT2D eigenvalue weighted by atomic mass is 35.5. The minimum Gasteiger partial charge on any atom is -0.467 e. The van der Waals surface area contributed by atoms with E-state index in [1.165, 1.54) is 6.07 Å². The van der Waals surface area contributed by atoms with E-state index in [2.05, 4.69) is 10.1 Å². The van der Waals surface area contributed by atoms with Crippen molar-refractivity contribution in [2.45, 2.75) is 6.10 Å². The minimum atomic E-state index is -1.45. The van der Waals surface area contributed by atoms with E-state index in [-0.39, 0.29) is 17.1 Å². The number of hydrogen-bond donors (Lipinski definition) is 2. The number of nitrogens with one attached hydrogen (secondary N) is 1. The summed E-state index contributed by atoms with van der Waals surface area (Å²) in [6, 6.07) is 3.44. The highest BCUT2D eigenvalue weighted by Crippen LogP contribution is 2.15. The van der Waals surface area contributed by atoms with Gasteiger partial charge in [0.25, 0.3) is 5.91 Å². The Hall–Kier alpha value is -1.66. The lowest BCUT2D eigenvalue weighted by atomic mass is 10.2. The van der Waals surface area contributed by atoms with E-state index in [0.717, 1.165) is 19.2 Å². The van der Waals surface area contributed by atoms with E-state index in [1.54, 1.807) is 0 Å². The maximum absolute atomic E-state index is 12.9. The molecule has 7 heteroatoms. The molecule has 0 spiro atoms. The lowest BCUT2D eigenvalue weighted by molar-refractivity contribution is -0.149. The number of ether oxygens (including phenoxy) is 1. The summed E-state index contributed by atoms with van der Waals surface area (Å²) < 4.78 is 17.1. The molecule has 0 aliphatic carbocycles. The Bertz CT molecular complexity index is 466. The zero-order chi connectivity index (χ0) is 13.7. The minimum absolute atomic E-state index is 0.124. The summed E-state index contributed by atoms with van der Waals surface area (Å²) in [5.41, 5.74) is 0.124. The number of carbonyl (C=O) groups excluding carboxylic acids is 2. The van der Waals surface area contributed by atoms with Gasteiger partial charge in [0.05, 0.1) is 18.7 Å². The monoisotopic (exact) mass is 275 g/mol. The van der Waals surface area contributed by atoms with Crippen LogP contribution in [-0.4, -0.2) is 36.7 Å². The first kappa shape index (κ1) is 14.4. The molecule has 1 unspecified atom stereocenters. The third kappa shape index (κ3) is 3.68. The van der Waals surface area contributed by atoms with Crippen LogP contribution in [0.15, 0.2) is 18.2 Å². The predicted molar refractivity (Wildman–Crippen MR) is 61.8 cm³/mol. The number of hydrogen-bond acceptors (Lipinski definition) is 4. The molecule has 0 radical (unpaired) electrons. The average molecular weight is 276 g/mol. The molecule has 0 aromatic heterocycles. The molecular formula is C11H11ClFNO4. The molecule has 0 saturated heterocycles. The van der Waals surface area contributed by atoms with Crippen LogP contribution in [-0.2, 0) is 9.53 Å². The number of esters is 1. The number of aliphatic hydroxyl groups is 1. The molecule has 2 N–H and O–H groups in total. The van der Waals surface area contributed by atoms with E-state index in [4.69, 9.17) is 11.6 Å². The van der Waals surface area contributed by atoms with Gasteiger partial charge in [-0.2, -0.15) is 0 Å². The van der Waals surface area contributed by atoms with Gasteiger partial charge in [-0.1, -0.05) is 11.6 Å². The first-order valence-corrected chi connectivity index (χ1v) is 5.32. The fraction of sp³-hybridized carbons (Fsp3) is 0.273. The van der Waals surface area contributed by atoms with Gasteiger partial charge in [-0.25, -0.2) is 9.18 Å². The summed E-state index contributed by atoms with van der Waals surface area (Å²) in [5.74, 6) is -2.07. The lowest BCUT2D eigenvalue weighted by Gasteiger charge is -2.09. The van der Waals surface area contributed by atoms with E-state index in [1.807, 2.05) is 0 Å². The summed E-state index contributed by atoms with van der Waals surface area (Å²) >= 11 is 5.52. The van der Waals surface area contributed by atoms with Crippen molar-refractivity contribution in [1.29, 1.82) is 0 Å². The molecule has 1 rings (SSSR count). The topological polar surface area (TPSA) is 75.6 Å². The molecule has 1 aromatic carbocycles. The molecule has 0 saturated carbocycles. The van der Waals surface area contributed by atoms with Crippen LogP contribution in [0.3, 0.4) is 0 Å². The van der Waals surface area contributed by atoms with Gasteiger partial charge in [-0.3, -0.25) is 4.79 Å². The largest absolute Gasteiger partial charge is 0.467 e. The molecule has 0 bridgehead atoms. The van der Waals surface area contributed by atoms with E-state index >= 15 is 0 Å². The number of carbonyl (C=O) groups is 2. The van der Waals surface area contributed by atoms with Crippen molar-refractivity contribution in [3.05, 3.63) is 34.6 Å². The zero-order valence-corrected chi connectivity index (χ0v) is 10.2. The van der Waals surface area contributed by atoms with Crippen molar-refractivity contribution in [3.63, 3.8) is 0 Å². The molecular weight excluding hydrogens is 265 g/mol. The lowest BCUT2D eigenvalue weighted by Crippen LogP contribution is -2.37. The maximum atomic E-state index is 12.9. The molecule has 0 heterocycles. The van der Waals surface area contributed by atoms with Crippen molar-refractivity contribution < 1.29 is 23.8 Å². The van der Waals surface area contributed by atoms with Crippen molar-refractivity contribution in [2.75, 3.05) is 13.7 Å². The Labute approximate surface area is 108 Å². The van der Waals surface area contributed by atoms with Crippen LogP contribution in [0.25, 0.3) is 0 Å². The Balaban J connectivity index is 2.60. The van der Waals surface area contributed by atoms with E-state index in [9.17, 15) is 19.1 Å². The van der Waals surface area contributed by atoms with Crippen LogP contribution in [0, 0.1) is 5.82 Å². The molecule has 1 amide bonds. The quantitative estimate of drug-likeness (QED) is 0.795. The molecule has 1 atom stereocenters. The van der Waals surface area contributed by atoms with Crippen LogP contribution in [0.5, 0.6) is 0 Å². The van der Waals surface area contributed by atoms with Gasteiger partial charge in [-0.15, -0.1) is 0 Å². The first-order chi connectivity index (χ1) is 8.45. The number of aliphatic hydroxyl groups excluding tert-OH is 1. The highest BCUT2D eigenvalue weighted by molar-refractivity contribution is 6.31. The molecule has 18 heavy (non-hydrogen) atoms. The zero-order valence-electron chi connectivity index (χ0n) is 9.44. The van der Waals surface area contributed by atoms with Gasteiger partial charge in [0.15, 0.2) is 6.10 Å². The van der Waals surface area contributed by atoms with Crippen LogP contribution >= 0.6 is 11.6 Å². The summed E-state index contributed by atoms with van der Waals surface area (Å²) in [6.07, 6.45) is -1.45. The van der Waals surface area contributed by atoms with Gasteiger partial charge in [0.2, 0.25) is 0 Å². The molecule has 0 aliphatic heterocycles. The van der Waals surface area contributed by atoms with Gasteiger partial charge in [-0.05, 0) is 18.2 Å². The molecule has 0 aliphatic rings. The van der Waals surface area contributed by atoms with E-state index in [0.29, 0.717) is 0 Å². The standard InChI is InChI=1S/C11H11ClFNO4/c1-18-11(17)9(15)5-14-10(16)6-2-3-8(13)7(12)4-6/h2-4,9,15H,5H2,1H3,(H,14,16). The number of rotatable bonds is 4. The molecule has 98 valence electrons. The Morgan fingerprint density at radius 3 is 2.78 bits per heavy atom. The maximum Gasteiger partial charge on any atom is 0.336 e. The molecule has 5 nitrogen and oxygen atoms in total.